The average molecular weight is 455 g/mol. The number of benzene rings is 1. The molecule has 0 spiro atoms. The molecule has 1 unspecified atom stereocenters. The molecule has 1 saturated carbocycles. The molecule has 33 heavy (non-hydrogen) atoms. The van der Waals surface area contributed by atoms with Gasteiger partial charge in [0.15, 0.2) is 0 Å². The third-order valence-corrected chi connectivity index (χ3v) is 5.78. The monoisotopic (exact) mass is 454 g/mol. The molecule has 4 rings (SSSR count). The molecule has 8 nitrogen and oxygen atoms in total. The zero-order valence-corrected chi connectivity index (χ0v) is 20.1. The molecule has 1 aromatic carbocycles. The standard InChI is InChI=1S/C25H34N4O4/c1-16(19-8-10-20(11-9-19)31-14-18-6-7-18)27-23-26-13-12-22(28-23)29-21(15-32-24(29)30)17(2)33-25(3,4)5/h8-13,16-18,21H,6-7,14-15H2,1-5H3,(H,26,27,28)/t16-,17+,21?/m0/s1. The normalized spacial score (nSPS) is 20.3. The van der Waals surface area contributed by atoms with Crippen molar-refractivity contribution in [2.24, 2.45) is 5.92 Å². The highest BCUT2D eigenvalue weighted by Crippen LogP contribution is 2.30. The minimum absolute atomic E-state index is 0.0257. The number of anilines is 2. The van der Waals surface area contributed by atoms with Crippen molar-refractivity contribution >= 4 is 17.9 Å². The second-order valence-electron chi connectivity index (χ2n) is 9.88. The lowest BCUT2D eigenvalue weighted by atomic mass is 10.1. The van der Waals surface area contributed by atoms with Gasteiger partial charge in [-0.2, -0.15) is 4.98 Å². The first-order chi connectivity index (χ1) is 15.7. The molecule has 1 aliphatic carbocycles. The van der Waals surface area contributed by atoms with Crippen LogP contribution in [0.15, 0.2) is 36.5 Å². The zero-order chi connectivity index (χ0) is 23.6. The number of hydrogen-bond acceptors (Lipinski definition) is 7. The van der Waals surface area contributed by atoms with E-state index in [1.807, 2.05) is 58.9 Å². The summed E-state index contributed by atoms with van der Waals surface area (Å²) in [5, 5.41) is 3.33. The molecule has 0 radical (unpaired) electrons. The second kappa shape index (κ2) is 9.55. The first-order valence-electron chi connectivity index (χ1n) is 11.7. The first-order valence-corrected chi connectivity index (χ1v) is 11.7. The fourth-order valence-electron chi connectivity index (χ4n) is 3.86. The molecule has 178 valence electrons. The summed E-state index contributed by atoms with van der Waals surface area (Å²) >= 11 is 0. The lowest BCUT2D eigenvalue weighted by Gasteiger charge is -2.31. The highest BCUT2D eigenvalue weighted by molar-refractivity contribution is 5.89. The maximum Gasteiger partial charge on any atom is 0.416 e. The molecule has 1 saturated heterocycles. The average Bonchev–Trinajstić information content (AvgIpc) is 3.51. The number of carbonyl (C=O) groups excluding carboxylic acids is 1. The molecule has 1 aromatic heterocycles. The number of aromatic nitrogens is 2. The Balaban J connectivity index is 1.42. The minimum atomic E-state index is -0.427. The highest BCUT2D eigenvalue weighted by atomic mass is 16.6. The van der Waals surface area contributed by atoms with Gasteiger partial charge in [-0.1, -0.05) is 12.1 Å². The van der Waals surface area contributed by atoms with Crippen LogP contribution < -0.4 is 15.0 Å². The van der Waals surface area contributed by atoms with Crippen molar-refractivity contribution < 1.29 is 19.0 Å². The molecule has 0 bridgehead atoms. The number of ether oxygens (including phenoxy) is 3. The summed E-state index contributed by atoms with van der Waals surface area (Å²) in [6, 6.07) is 9.50. The van der Waals surface area contributed by atoms with Crippen LogP contribution in [0.4, 0.5) is 16.6 Å². The third-order valence-electron chi connectivity index (χ3n) is 5.78. The van der Waals surface area contributed by atoms with E-state index < -0.39 is 6.09 Å². The molecular formula is C25H34N4O4. The number of nitrogens with zero attached hydrogens (tertiary/aromatic N) is 3. The SMILES string of the molecule is C[C@H](Nc1nccc(N2C(=O)OCC2[C@@H](C)OC(C)(C)C)n1)c1ccc(OCC2CC2)cc1. The molecular weight excluding hydrogens is 420 g/mol. The number of amides is 1. The van der Waals surface area contributed by atoms with Crippen LogP contribution in [0.5, 0.6) is 5.75 Å². The number of hydrogen-bond donors (Lipinski definition) is 1. The molecule has 2 aromatic rings. The second-order valence-corrected chi connectivity index (χ2v) is 9.88. The fourth-order valence-corrected chi connectivity index (χ4v) is 3.86. The van der Waals surface area contributed by atoms with Gasteiger partial charge in [-0.3, -0.25) is 4.90 Å². The summed E-state index contributed by atoms with van der Waals surface area (Å²) in [6.07, 6.45) is 3.54. The van der Waals surface area contributed by atoms with E-state index in [1.165, 1.54) is 12.8 Å². The summed E-state index contributed by atoms with van der Waals surface area (Å²) in [4.78, 5) is 23.0. The number of carbonyl (C=O) groups is 1. The van der Waals surface area contributed by atoms with Crippen molar-refractivity contribution in [3.63, 3.8) is 0 Å². The Morgan fingerprint density at radius 3 is 2.58 bits per heavy atom. The van der Waals surface area contributed by atoms with Crippen molar-refractivity contribution in [2.75, 3.05) is 23.4 Å². The topological polar surface area (TPSA) is 85.8 Å². The number of nitrogens with one attached hydrogen (secondary N) is 1. The van der Waals surface area contributed by atoms with Crippen LogP contribution in [-0.4, -0.2) is 47.0 Å². The van der Waals surface area contributed by atoms with Crippen LogP contribution in [0.25, 0.3) is 0 Å². The van der Waals surface area contributed by atoms with Gasteiger partial charge < -0.3 is 19.5 Å². The Hall–Kier alpha value is -2.87. The van der Waals surface area contributed by atoms with Crippen LogP contribution >= 0.6 is 0 Å². The Labute approximate surface area is 195 Å². The molecule has 2 aliphatic rings. The zero-order valence-electron chi connectivity index (χ0n) is 20.1. The number of rotatable bonds is 9. The Bertz CT molecular complexity index is 956. The fraction of sp³-hybridized carbons (Fsp3) is 0.560. The molecule has 2 heterocycles. The van der Waals surface area contributed by atoms with E-state index in [1.54, 1.807) is 17.2 Å². The van der Waals surface area contributed by atoms with Crippen molar-refractivity contribution in [3.05, 3.63) is 42.1 Å². The summed E-state index contributed by atoms with van der Waals surface area (Å²) in [7, 11) is 0. The van der Waals surface area contributed by atoms with Crippen LogP contribution in [-0.2, 0) is 9.47 Å². The van der Waals surface area contributed by atoms with Gasteiger partial charge in [0.1, 0.15) is 24.2 Å². The Morgan fingerprint density at radius 2 is 1.91 bits per heavy atom. The summed E-state index contributed by atoms with van der Waals surface area (Å²) in [5.41, 5.74) is 0.761. The van der Waals surface area contributed by atoms with Crippen molar-refractivity contribution in [1.82, 2.24) is 9.97 Å². The van der Waals surface area contributed by atoms with E-state index in [2.05, 4.69) is 15.3 Å². The predicted molar refractivity (Wildman–Crippen MR) is 127 cm³/mol. The van der Waals surface area contributed by atoms with E-state index in [0.717, 1.165) is 23.8 Å². The molecule has 1 amide bonds. The summed E-state index contributed by atoms with van der Waals surface area (Å²) in [5.74, 6) is 2.55. The first kappa shape index (κ1) is 23.3. The van der Waals surface area contributed by atoms with Gasteiger partial charge in [-0.25, -0.2) is 9.78 Å². The van der Waals surface area contributed by atoms with E-state index in [4.69, 9.17) is 14.2 Å². The quantitative estimate of drug-likeness (QED) is 0.573. The van der Waals surface area contributed by atoms with Gasteiger partial charge >= 0.3 is 6.09 Å². The van der Waals surface area contributed by atoms with E-state index >= 15 is 0 Å². The lowest BCUT2D eigenvalue weighted by molar-refractivity contribution is -0.0618. The largest absolute Gasteiger partial charge is 0.493 e. The summed E-state index contributed by atoms with van der Waals surface area (Å²) in [6.45, 7) is 11.0. The Morgan fingerprint density at radius 1 is 1.18 bits per heavy atom. The van der Waals surface area contributed by atoms with Crippen molar-refractivity contribution in [1.29, 1.82) is 0 Å². The third kappa shape index (κ3) is 6.13. The maximum atomic E-state index is 12.5. The van der Waals surface area contributed by atoms with E-state index in [-0.39, 0.29) is 30.4 Å². The van der Waals surface area contributed by atoms with Crippen molar-refractivity contribution in [3.8, 4) is 5.75 Å². The van der Waals surface area contributed by atoms with Crippen LogP contribution in [0, 0.1) is 5.92 Å². The highest BCUT2D eigenvalue weighted by Gasteiger charge is 2.40. The van der Waals surface area contributed by atoms with Gasteiger partial charge in [-0.15, -0.1) is 0 Å². The van der Waals surface area contributed by atoms with Crippen LogP contribution in [0.2, 0.25) is 0 Å². The van der Waals surface area contributed by atoms with Crippen LogP contribution in [0.1, 0.15) is 59.1 Å². The van der Waals surface area contributed by atoms with Gasteiger partial charge in [0.25, 0.3) is 0 Å². The van der Waals surface area contributed by atoms with Gasteiger partial charge in [0, 0.05) is 6.20 Å². The molecule has 8 heteroatoms. The summed E-state index contributed by atoms with van der Waals surface area (Å²) < 4.78 is 17.2. The maximum absolute atomic E-state index is 12.5. The van der Waals surface area contributed by atoms with Gasteiger partial charge in [-0.05, 0) is 77.1 Å². The molecule has 1 N–H and O–H groups in total. The van der Waals surface area contributed by atoms with E-state index in [0.29, 0.717) is 11.8 Å². The lowest BCUT2D eigenvalue weighted by Crippen LogP contribution is -2.45. The Kier molecular flexibility index (Phi) is 6.74. The molecule has 2 fully saturated rings. The van der Waals surface area contributed by atoms with Crippen LogP contribution in [0.3, 0.4) is 0 Å². The van der Waals surface area contributed by atoms with Crippen molar-refractivity contribution in [2.45, 2.75) is 71.2 Å². The number of cyclic esters (lactones) is 1. The molecule has 1 aliphatic heterocycles. The molecule has 3 atom stereocenters. The van der Waals surface area contributed by atoms with Gasteiger partial charge in [0.2, 0.25) is 5.95 Å². The van der Waals surface area contributed by atoms with E-state index in [9.17, 15) is 4.79 Å². The smallest absolute Gasteiger partial charge is 0.416 e. The minimum Gasteiger partial charge on any atom is -0.493 e. The van der Waals surface area contributed by atoms with Gasteiger partial charge in [0.05, 0.1) is 24.4 Å². The predicted octanol–water partition coefficient (Wildman–Crippen LogP) is 4.97.